The van der Waals surface area contributed by atoms with Gasteiger partial charge in [0.25, 0.3) is 0 Å². The van der Waals surface area contributed by atoms with Crippen LogP contribution in [0, 0.1) is 5.41 Å². The summed E-state index contributed by atoms with van der Waals surface area (Å²) in [4.78, 5) is 4.17. The molecule has 0 spiro atoms. The number of nitrogens with zero attached hydrogens (tertiary/aromatic N) is 1. The summed E-state index contributed by atoms with van der Waals surface area (Å²) >= 11 is 1.41. The Balaban J connectivity index is 2.35. The first-order chi connectivity index (χ1) is 7.16. The van der Waals surface area contributed by atoms with E-state index >= 15 is 0 Å². The number of nitrogen functional groups attached to an aromatic ring is 2. The Bertz CT molecular complexity index is 486. The highest BCUT2D eigenvalue weighted by Crippen LogP contribution is 2.23. The van der Waals surface area contributed by atoms with E-state index in [9.17, 15) is 0 Å². The molecule has 0 saturated carbocycles. The Hall–Kier alpha value is -1.88. The number of nitrogens with one attached hydrogen (secondary N) is 1. The van der Waals surface area contributed by atoms with Crippen LogP contribution in [0.25, 0.3) is 11.3 Å². The maximum absolute atomic E-state index is 7.26. The minimum Gasteiger partial charge on any atom is -0.384 e. The van der Waals surface area contributed by atoms with Crippen molar-refractivity contribution in [3.63, 3.8) is 0 Å². The summed E-state index contributed by atoms with van der Waals surface area (Å²) in [6, 6.07) is 7.36. The van der Waals surface area contributed by atoms with Gasteiger partial charge in [0.2, 0.25) is 0 Å². The van der Waals surface area contributed by atoms with Crippen LogP contribution in [0.4, 0.5) is 5.13 Å². The molecular formula is C10H10N4S. The Kier molecular flexibility index (Phi) is 2.39. The number of rotatable bonds is 2. The highest BCUT2D eigenvalue weighted by Gasteiger charge is 2.02. The quantitative estimate of drug-likeness (QED) is 0.529. The normalized spacial score (nSPS) is 10.1. The van der Waals surface area contributed by atoms with Gasteiger partial charge >= 0.3 is 0 Å². The molecule has 2 rings (SSSR count). The highest BCUT2D eigenvalue weighted by atomic mass is 32.1. The molecule has 1 aromatic carbocycles. The predicted molar refractivity (Wildman–Crippen MR) is 63.0 cm³/mol. The predicted octanol–water partition coefficient (Wildman–Crippen LogP) is 1.68. The van der Waals surface area contributed by atoms with Crippen LogP contribution in [0.3, 0.4) is 0 Å². The summed E-state index contributed by atoms with van der Waals surface area (Å²) in [6.45, 7) is 0. The van der Waals surface area contributed by atoms with Crippen LogP contribution in [0.2, 0.25) is 0 Å². The number of amidine groups is 1. The molecule has 0 aliphatic heterocycles. The standard InChI is InChI=1S/C10H10N4S/c11-9(12)7-3-1-6(2-4-7)8-5-15-10(13)14-8/h1-5H,(H3,11,12)(H2,13,14). The molecule has 0 unspecified atom stereocenters. The zero-order valence-electron chi connectivity index (χ0n) is 7.90. The van der Waals surface area contributed by atoms with E-state index < -0.39 is 0 Å². The second kappa shape index (κ2) is 3.70. The van der Waals surface area contributed by atoms with Gasteiger partial charge in [-0.05, 0) is 0 Å². The molecule has 0 fully saturated rings. The summed E-state index contributed by atoms with van der Waals surface area (Å²) in [5.41, 5.74) is 13.4. The van der Waals surface area contributed by atoms with E-state index in [-0.39, 0.29) is 5.84 Å². The number of nitrogens with two attached hydrogens (primary N) is 2. The number of hydrogen-bond donors (Lipinski definition) is 3. The third-order valence-electron chi connectivity index (χ3n) is 2.01. The first-order valence-corrected chi connectivity index (χ1v) is 5.20. The second-order valence-corrected chi connectivity index (χ2v) is 3.95. The van der Waals surface area contributed by atoms with Gasteiger partial charge in [-0.15, -0.1) is 11.3 Å². The maximum Gasteiger partial charge on any atom is 0.180 e. The van der Waals surface area contributed by atoms with Gasteiger partial charge in [0.05, 0.1) is 5.69 Å². The van der Waals surface area contributed by atoms with E-state index in [0.29, 0.717) is 10.7 Å². The summed E-state index contributed by atoms with van der Waals surface area (Å²) < 4.78 is 0. The van der Waals surface area contributed by atoms with Gasteiger partial charge in [-0.2, -0.15) is 0 Å². The fourth-order valence-electron chi connectivity index (χ4n) is 1.24. The largest absolute Gasteiger partial charge is 0.384 e. The van der Waals surface area contributed by atoms with E-state index in [1.165, 1.54) is 11.3 Å². The lowest BCUT2D eigenvalue weighted by Crippen LogP contribution is -2.10. The van der Waals surface area contributed by atoms with Crippen LogP contribution in [-0.4, -0.2) is 10.8 Å². The smallest absolute Gasteiger partial charge is 0.180 e. The third-order valence-corrected chi connectivity index (χ3v) is 2.69. The van der Waals surface area contributed by atoms with Crippen LogP contribution in [0.5, 0.6) is 0 Å². The molecule has 0 amide bonds. The maximum atomic E-state index is 7.26. The lowest BCUT2D eigenvalue weighted by Gasteiger charge is -1.99. The monoisotopic (exact) mass is 218 g/mol. The van der Waals surface area contributed by atoms with Crippen molar-refractivity contribution in [1.29, 1.82) is 5.41 Å². The molecule has 15 heavy (non-hydrogen) atoms. The van der Waals surface area contributed by atoms with Gasteiger partial charge in [0, 0.05) is 16.5 Å². The summed E-state index contributed by atoms with van der Waals surface area (Å²) in [5, 5.41) is 9.72. The Morgan fingerprint density at radius 1 is 1.27 bits per heavy atom. The van der Waals surface area contributed by atoms with Crippen LogP contribution in [-0.2, 0) is 0 Å². The van der Waals surface area contributed by atoms with Gasteiger partial charge in [-0.3, -0.25) is 5.41 Å². The number of anilines is 1. The average molecular weight is 218 g/mol. The number of thiazole rings is 1. The topological polar surface area (TPSA) is 88.8 Å². The fraction of sp³-hybridized carbons (Fsp3) is 0. The fourth-order valence-corrected chi connectivity index (χ4v) is 1.81. The Morgan fingerprint density at radius 2 is 1.93 bits per heavy atom. The molecule has 0 aliphatic rings. The number of hydrogen-bond acceptors (Lipinski definition) is 4. The molecule has 76 valence electrons. The van der Waals surface area contributed by atoms with E-state index in [1.54, 1.807) is 12.1 Å². The number of benzene rings is 1. The molecular weight excluding hydrogens is 208 g/mol. The summed E-state index contributed by atoms with van der Waals surface area (Å²) in [6.07, 6.45) is 0. The molecule has 5 N–H and O–H groups in total. The molecule has 1 heterocycles. The van der Waals surface area contributed by atoms with Gasteiger partial charge < -0.3 is 11.5 Å². The van der Waals surface area contributed by atoms with Crippen molar-refractivity contribution in [2.75, 3.05) is 5.73 Å². The van der Waals surface area contributed by atoms with Crippen LogP contribution >= 0.6 is 11.3 Å². The van der Waals surface area contributed by atoms with Crippen molar-refractivity contribution >= 4 is 22.3 Å². The SMILES string of the molecule is N=C(N)c1ccc(-c2csc(N)n2)cc1. The van der Waals surface area contributed by atoms with Gasteiger partial charge in [-0.1, -0.05) is 24.3 Å². The first kappa shape index (κ1) is 9.67. The third kappa shape index (κ3) is 1.97. The van der Waals surface area contributed by atoms with E-state index in [2.05, 4.69) is 4.98 Å². The van der Waals surface area contributed by atoms with Crippen molar-refractivity contribution in [3.8, 4) is 11.3 Å². The van der Waals surface area contributed by atoms with Crippen LogP contribution in [0.15, 0.2) is 29.6 Å². The lowest BCUT2D eigenvalue weighted by molar-refractivity contribution is 1.40. The van der Waals surface area contributed by atoms with Crippen molar-refractivity contribution < 1.29 is 0 Å². The van der Waals surface area contributed by atoms with Crippen molar-refractivity contribution in [1.82, 2.24) is 4.98 Å². The van der Waals surface area contributed by atoms with E-state index in [1.807, 2.05) is 17.5 Å². The van der Waals surface area contributed by atoms with Crippen molar-refractivity contribution in [2.45, 2.75) is 0 Å². The first-order valence-electron chi connectivity index (χ1n) is 4.32. The minimum absolute atomic E-state index is 0.0688. The molecule has 5 heteroatoms. The number of aromatic nitrogens is 1. The highest BCUT2D eigenvalue weighted by molar-refractivity contribution is 7.13. The Labute approximate surface area is 91.1 Å². The molecule has 0 radical (unpaired) electrons. The van der Waals surface area contributed by atoms with Gasteiger partial charge in [-0.25, -0.2) is 4.98 Å². The van der Waals surface area contributed by atoms with E-state index in [0.717, 1.165) is 11.3 Å². The molecule has 1 aromatic heterocycles. The van der Waals surface area contributed by atoms with E-state index in [4.69, 9.17) is 16.9 Å². The lowest BCUT2D eigenvalue weighted by atomic mass is 10.1. The molecule has 0 bridgehead atoms. The second-order valence-electron chi connectivity index (χ2n) is 3.06. The molecule has 2 aromatic rings. The molecule has 0 aliphatic carbocycles. The molecule has 0 saturated heterocycles. The minimum atomic E-state index is 0.0688. The van der Waals surface area contributed by atoms with Gasteiger partial charge in [0.15, 0.2) is 5.13 Å². The zero-order chi connectivity index (χ0) is 10.8. The van der Waals surface area contributed by atoms with Crippen LogP contribution < -0.4 is 11.5 Å². The summed E-state index contributed by atoms with van der Waals surface area (Å²) in [5.74, 6) is 0.0688. The molecule has 4 nitrogen and oxygen atoms in total. The average Bonchev–Trinajstić information content (AvgIpc) is 2.65. The van der Waals surface area contributed by atoms with Crippen molar-refractivity contribution in [3.05, 3.63) is 35.2 Å². The van der Waals surface area contributed by atoms with Crippen LogP contribution in [0.1, 0.15) is 5.56 Å². The summed E-state index contributed by atoms with van der Waals surface area (Å²) in [7, 11) is 0. The zero-order valence-corrected chi connectivity index (χ0v) is 8.71. The van der Waals surface area contributed by atoms with Gasteiger partial charge in [0.1, 0.15) is 5.84 Å². The van der Waals surface area contributed by atoms with Crippen molar-refractivity contribution in [2.24, 2.45) is 5.73 Å². The molecule has 0 atom stereocenters. The Morgan fingerprint density at radius 3 is 2.40 bits per heavy atom.